The van der Waals surface area contributed by atoms with E-state index >= 15 is 0 Å². The average molecular weight is 260 g/mol. The topological polar surface area (TPSA) is 50.7 Å². The standard InChI is InChI=1S/C13H16N4S/c1-3-14-8-11-4-5-12(16-9-11)18-13-15-7-6-10(2)17-13/h4-7,9,14H,3,8H2,1-2H3. The molecule has 0 radical (unpaired) electrons. The van der Waals surface area contributed by atoms with Crippen LogP contribution in [0, 0.1) is 6.92 Å². The molecule has 2 heterocycles. The van der Waals surface area contributed by atoms with Crippen LogP contribution in [-0.4, -0.2) is 21.5 Å². The maximum absolute atomic E-state index is 4.40. The number of aryl methyl sites for hydroxylation is 1. The number of hydrogen-bond donors (Lipinski definition) is 1. The number of hydrogen-bond acceptors (Lipinski definition) is 5. The lowest BCUT2D eigenvalue weighted by Crippen LogP contribution is -2.11. The van der Waals surface area contributed by atoms with E-state index in [2.05, 4.69) is 33.3 Å². The molecule has 0 fully saturated rings. The Morgan fingerprint density at radius 3 is 2.78 bits per heavy atom. The fraction of sp³-hybridized carbons (Fsp3) is 0.308. The van der Waals surface area contributed by atoms with Crippen molar-refractivity contribution in [3.05, 3.63) is 41.9 Å². The van der Waals surface area contributed by atoms with E-state index < -0.39 is 0 Å². The Bertz CT molecular complexity index is 499. The van der Waals surface area contributed by atoms with E-state index in [9.17, 15) is 0 Å². The van der Waals surface area contributed by atoms with Crippen molar-refractivity contribution < 1.29 is 0 Å². The molecule has 18 heavy (non-hydrogen) atoms. The monoisotopic (exact) mass is 260 g/mol. The van der Waals surface area contributed by atoms with Crippen LogP contribution in [0.15, 0.2) is 40.8 Å². The lowest BCUT2D eigenvalue weighted by molar-refractivity contribution is 0.723. The maximum atomic E-state index is 4.40. The van der Waals surface area contributed by atoms with Crippen LogP contribution in [0.3, 0.4) is 0 Å². The minimum atomic E-state index is 0.738. The average Bonchev–Trinajstić information content (AvgIpc) is 2.38. The van der Waals surface area contributed by atoms with Gasteiger partial charge in [0.2, 0.25) is 0 Å². The Morgan fingerprint density at radius 1 is 1.22 bits per heavy atom. The van der Waals surface area contributed by atoms with Crippen LogP contribution >= 0.6 is 11.8 Å². The van der Waals surface area contributed by atoms with Crippen molar-refractivity contribution in [3.8, 4) is 0 Å². The van der Waals surface area contributed by atoms with Gasteiger partial charge in [0, 0.05) is 24.6 Å². The van der Waals surface area contributed by atoms with Crippen molar-refractivity contribution in [1.29, 1.82) is 0 Å². The summed E-state index contributed by atoms with van der Waals surface area (Å²) in [6, 6.07) is 5.97. The molecule has 0 aliphatic carbocycles. The molecule has 0 aliphatic heterocycles. The van der Waals surface area contributed by atoms with Crippen LogP contribution in [0.1, 0.15) is 18.2 Å². The highest BCUT2D eigenvalue weighted by Gasteiger charge is 2.02. The van der Waals surface area contributed by atoms with Gasteiger partial charge in [0.25, 0.3) is 0 Å². The third kappa shape index (κ3) is 3.78. The highest BCUT2D eigenvalue weighted by Crippen LogP contribution is 2.22. The van der Waals surface area contributed by atoms with Crippen molar-refractivity contribution in [1.82, 2.24) is 20.3 Å². The minimum absolute atomic E-state index is 0.738. The molecule has 0 aliphatic rings. The van der Waals surface area contributed by atoms with Gasteiger partial charge in [-0.2, -0.15) is 0 Å². The molecule has 5 heteroatoms. The summed E-state index contributed by atoms with van der Waals surface area (Å²) in [7, 11) is 0. The van der Waals surface area contributed by atoms with Gasteiger partial charge in [-0.05, 0) is 42.9 Å². The Labute approximate surface area is 111 Å². The van der Waals surface area contributed by atoms with Gasteiger partial charge in [0.15, 0.2) is 5.16 Å². The van der Waals surface area contributed by atoms with E-state index in [1.807, 2.05) is 25.3 Å². The molecular formula is C13H16N4S. The summed E-state index contributed by atoms with van der Waals surface area (Å²) < 4.78 is 0. The third-order valence-electron chi connectivity index (χ3n) is 2.35. The Morgan fingerprint density at radius 2 is 2.11 bits per heavy atom. The Balaban J connectivity index is 2.02. The maximum Gasteiger partial charge on any atom is 0.194 e. The highest BCUT2D eigenvalue weighted by atomic mass is 32.2. The normalized spacial score (nSPS) is 10.6. The molecular weight excluding hydrogens is 244 g/mol. The zero-order valence-corrected chi connectivity index (χ0v) is 11.4. The minimum Gasteiger partial charge on any atom is -0.313 e. The number of nitrogens with zero attached hydrogens (tertiary/aromatic N) is 3. The number of nitrogens with one attached hydrogen (secondary N) is 1. The number of rotatable bonds is 5. The Hall–Kier alpha value is -1.46. The first-order valence-corrected chi connectivity index (χ1v) is 6.72. The molecule has 0 aromatic carbocycles. The van der Waals surface area contributed by atoms with Crippen molar-refractivity contribution in [3.63, 3.8) is 0 Å². The van der Waals surface area contributed by atoms with E-state index in [1.165, 1.54) is 17.3 Å². The van der Waals surface area contributed by atoms with Gasteiger partial charge in [-0.3, -0.25) is 0 Å². The van der Waals surface area contributed by atoms with Crippen LogP contribution in [0.5, 0.6) is 0 Å². The third-order valence-corrected chi connectivity index (χ3v) is 3.18. The predicted molar refractivity (Wildman–Crippen MR) is 72.5 cm³/mol. The quantitative estimate of drug-likeness (QED) is 0.837. The summed E-state index contributed by atoms with van der Waals surface area (Å²) in [6.45, 7) is 5.87. The van der Waals surface area contributed by atoms with E-state index in [0.717, 1.165) is 29.0 Å². The van der Waals surface area contributed by atoms with Gasteiger partial charge < -0.3 is 5.32 Å². The molecule has 0 bridgehead atoms. The van der Waals surface area contributed by atoms with Crippen LogP contribution in [-0.2, 0) is 6.54 Å². The Kier molecular flexibility index (Phi) is 4.66. The first kappa shape index (κ1) is 13.0. The van der Waals surface area contributed by atoms with Crippen LogP contribution < -0.4 is 5.32 Å². The van der Waals surface area contributed by atoms with Gasteiger partial charge in [-0.15, -0.1) is 0 Å². The van der Waals surface area contributed by atoms with Gasteiger partial charge in [0.1, 0.15) is 5.03 Å². The molecule has 2 aromatic rings. The van der Waals surface area contributed by atoms with Crippen molar-refractivity contribution in [2.45, 2.75) is 30.6 Å². The molecule has 94 valence electrons. The van der Waals surface area contributed by atoms with E-state index in [1.54, 1.807) is 6.20 Å². The summed E-state index contributed by atoms with van der Waals surface area (Å²) in [6.07, 6.45) is 3.66. The van der Waals surface area contributed by atoms with E-state index in [-0.39, 0.29) is 0 Å². The van der Waals surface area contributed by atoms with E-state index in [4.69, 9.17) is 0 Å². The van der Waals surface area contributed by atoms with Crippen molar-refractivity contribution in [2.24, 2.45) is 0 Å². The predicted octanol–water partition coefficient (Wildman–Crippen LogP) is 2.44. The highest BCUT2D eigenvalue weighted by molar-refractivity contribution is 7.99. The van der Waals surface area contributed by atoms with Gasteiger partial charge in [0.05, 0.1) is 0 Å². The lowest BCUT2D eigenvalue weighted by Gasteiger charge is -2.03. The molecule has 2 aromatic heterocycles. The molecule has 2 rings (SSSR count). The smallest absolute Gasteiger partial charge is 0.194 e. The SMILES string of the molecule is CCNCc1ccc(Sc2nccc(C)n2)nc1. The summed E-state index contributed by atoms with van der Waals surface area (Å²) in [4.78, 5) is 12.9. The zero-order valence-electron chi connectivity index (χ0n) is 10.6. The molecule has 0 saturated carbocycles. The summed E-state index contributed by atoms with van der Waals surface area (Å²) in [5.74, 6) is 0. The van der Waals surface area contributed by atoms with Gasteiger partial charge >= 0.3 is 0 Å². The lowest BCUT2D eigenvalue weighted by atomic mass is 10.3. The fourth-order valence-electron chi connectivity index (χ4n) is 1.41. The number of pyridine rings is 1. The van der Waals surface area contributed by atoms with Gasteiger partial charge in [-0.1, -0.05) is 13.0 Å². The largest absolute Gasteiger partial charge is 0.313 e. The van der Waals surface area contributed by atoms with Crippen LogP contribution in [0.2, 0.25) is 0 Å². The molecule has 0 amide bonds. The molecule has 0 saturated heterocycles. The molecule has 0 atom stereocenters. The molecule has 4 nitrogen and oxygen atoms in total. The van der Waals surface area contributed by atoms with Crippen LogP contribution in [0.25, 0.3) is 0 Å². The fourth-order valence-corrected chi connectivity index (χ4v) is 2.15. The summed E-state index contributed by atoms with van der Waals surface area (Å²) in [5, 5.41) is 4.93. The summed E-state index contributed by atoms with van der Waals surface area (Å²) >= 11 is 1.48. The molecule has 1 N–H and O–H groups in total. The van der Waals surface area contributed by atoms with Crippen LogP contribution in [0.4, 0.5) is 0 Å². The van der Waals surface area contributed by atoms with Crippen molar-refractivity contribution in [2.75, 3.05) is 6.54 Å². The van der Waals surface area contributed by atoms with E-state index in [0.29, 0.717) is 0 Å². The van der Waals surface area contributed by atoms with Gasteiger partial charge in [-0.25, -0.2) is 15.0 Å². The molecule has 0 unspecified atom stereocenters. The second-order valence-electron chi connectivity index (χ2n) is 3.87. The van der Waals surface area contributed by atoms with Crippen molar-refractivity contribution >= 4 is 11.8 Å². The zero-order chi connectivity index (χ0) is 12.8. The first-order valence-electron chi connectivity index (χ1n) is 5.91. The summed E-state index contributed by atoms with van der Waals surface area (Å²) in [5.41, 5.74) is 2.16. The first-order chi connectivity index (χ1) is 8.78. The second kappa shape index (κ2) is 6.47. The second-order valence-corrected chi connectivity index (χ2v) is 4.86. The molecule has 0 spiro atoms. The number of aromatic nitrogens is 3.